The molecule has 0 unspecified atom stereocenters. The van der Waals surface area contributed by atoms with E-state index in [1.54, 1.807) is 29.0 Å². The van der Waals surface area contributed by atoms with Crippen molar-refractivity contribution in [1.82, 2.24) is 29.7 Å². The predicted molar refractivity (Wildman–Crippen MR) is 76.8 cm³/mol. The van der Waals surface area contributed by atoms with Crippen LogP contribution in [0, 0.1) is 6.92 Å². The summed E-state index contributed by atoms with van der Waals surface area (Å²) in [7, 11) is 0. The van der Waals surface area contributed by atoms with Crippen molar-refractivity contribution >= 4 is 11.6 Å². The molecule has 0 saturated heterocycles. The van der Waals surface area contributed by atoms with Gasteiger partial charge in [-0.2, -0.15) is 10.2 Å². The molecule has 0 radical (unpaired) electrons. The van der Waals surface area contributed by atoms with E-state index in [-0.39, 0.29) is 5.91 Å². The number of aromatic nitrogens is 5. The molecule has 0 atom stereocenters. The predicted octanol–water partition coefficient (Wildman–Crippen LogP) is 1.18. The van der Waals surface area contributed by atoms with Crippen molar-refractivity contribution in [3.05, 3.63) is 47.7 Å². The Morgan fingerprint density at radius 1 is 1.38 bits per heavy atom. The van der Waals surface area contributed by atoms with Crippen molar-refractivity contribution in [3.63, 3.8) is 0 Å². The second-order valence-electron chi connectivity index (χ2n) is 4.73. The SMILES string of the molecule is CCn1cc(CNC(=O)c2cc3ncccn3n2)c(C)n1. The van der Waals surface area contributed by atoms with Crippen molar-refractivity contribution in [2.75, 3.05) is 0 Å². The maximum atomic E-state index is 12.1. The van der Waals surface area contributed by atoms with Crippen molar-refractivity contribution in [3.8, 4) is 0 Å². The van der Waals surface area contributed by atoms with Gasteiger partial charge in [-0.3, -0.25) is 9.48 Å². The maximum absolute atomic E-state index is 12.1. The number of nitrogens with one attached hydrogen (secondary N) is 1. The molecule has 0 spiro atoms. The highest BCUT2D eigenvalue weighted by Gasteiger charge is 2.12. The lowest BCUT2D eigenvalue weighted by molar-refractivity contribution is 0.0945. The highest BCUT2D eigenvalue weighted by atomic mass is 16.1. The number of nitrogens with zero attached hydrogens (tertiary/aromatic N) is 5. The molecule has 3 aromatic heterocycles. The molecule has 0 bridgehead atoms. The number of amides is 1. The van der Waals surface area contributed by atoms with Crippen molar-refractivity contribution in [2.24, 2.45) is 0 Å². The number of carbonyl (C=O) groups is 1. The Morgan fingerprint density at radius 2 is 2.24 bits per heavy atom. The van der Waals surface area contributed by atoms with Crippen LogP contribution in [0.3, 0.4) is 0 Å². The van der Waals surface area contributed by atoms with E-state index in [0.717, 1.165) is 17.8 Å². The summed E-state index contributed by atoms with van der Waals surface area (Å²) in [6.45, 7) is 5.21. The van der Waals surface area contributed by atoms with Crippen molar-refractivity contribution in [1.29, 1.82) is 0 Å². The summed E-state index contributed by atoms with van der Waals surface area (Å²) >= 11 is 0. The molecule has 0 aliphatic rings. The highest BCUT2D eigenvalue weighted by molar-refractivity contribution is 5.93. The Balaban J connectivity index is 1.72. The van der Waals surface area contributed by atoms with Gasteiger partial charge in [-0.15, -0.1) is 0 Å². The van der Waals surface area contributed by atoms with Crippen LogP contribution in [0.4, 0.5) is 0 Å². The van der Waals surface area contributed by atoms with Gasteiger partial charge in [-0.25, -0.2) is 9.50 Å². The number of fused-ring (bicyclic) bond motifs is 1. The molecule has 0 saturated carbocycles. The summed E-state index contributed by atoms with van der Waals surface area (Å²) < 4.78 is 3.43. The molecule has 108 valence electrons. The lowest BCUT2D eigenvalue weighted by atomic mass is 10.2. The zero-order valence-electron chi connectivity index (χ0n) is 11.9. The van der Waals surface area contributed by atoms with Gasteiger partial charge in [0.05, 0.1) is 5.69 Å². The van der Waals surface area contributed by atoms with E-state index >= 15 is 0 Å². The van der Waals surface area contributed by atoms with Crippen LogP contribution >= 0.6 is 0 Å². The number of hydrogen-bond acceptors (Lipinski definition) is 4. The largest absolute Gasteiger partial charge is 0.346 e. The smallest absolute Gasteiger partial charge is 0.272 e. The van der Waals surface area contributed by atoms with E-state index in [1.807, 2.05) is 24.7 Å². The summed E-state index contributed by atoms with van der Waals surface area (Å²) in [5.74, 6) is -0.218. The molecular formula is C14H16N6O. The fourth-order valence-corrected chi connectivity index (χ4v) is 2.10. The summed E-state index contributed by atoms with van der Waals surface area (Å²) in [5, 5.41) is 11.4. The van der Waals surface area contributed by atoms with Crippen LogP contribution in [-0.4, -0.2) is 30.3 Å². The van der Waals surface area contributed by atoms with Gasteiger partial charge in [0.2, 0.25) is 0 Å². The van der Waals surface area contributed by atoms with Crippen LogP contribution in [0.1, 0.15) is 28.7 Å². The second kappa shape index (κ2) is 5.35. The zero-order chi connectivity index (χ0) is 14.8. The fourth-order valence-electron chi connectivity index (χ4n) is 2.10. The topological polar surface area (TPSA) is 77.1 Å². The molecule has 3 rings (SSSR count). The average molecular weight is 284 g/mol. The molecule has 1 N–H and O–H groups in total. The van der Waals surface area contributed by atoms with E-state index < -0.39 is 0 Å². The van der Waals surface area contributed by atoms with E-state index in [1.165, 1.54) is 0 Å². The highest BCUT2D eigenvalue weighted by Crippen LogP contribution is 2.07. The minimum absolute atomic E-state index is 0.218. The number of aryl methyl sites for hydroxylation is 2. The van der Waals surface area contributed by atoms with Gasteiger partial charge >= 0.3 is 0 Å². The summed E-state index contributed by atoms with van der Waals surface area (Å²) in [4.78, 5) is 16.3. The molecule has 21 heavy (non-hydrogen) atoms. The molecule has 7 heteroatoms. The lowest BCUT2D eigenvalue weighted by Gasteiger charge is -2.01. The first-order valence-corrected chi connectivity index (χ1v) is 6.79. The Bertz CT molecular complexity index is 755. The van der Waals surface area contributed by atoms with E-state index in [9.17, 15) is 4.79 Å². The molecule has 3 aromatic rings. The Hall–Kier alpha value is -2.70. The van der Waals surface area contributed by atoms with E-state index in [4.69, 9.17) is 0 Å². The van der Waals surface area contributed by atoms with Crippen LogP contribution in [0.5, 0.6) is 0 Å². The van der Waals surface area contributed by atoms with Gasteiger partial charge in [-0.1, -0.05) is 0 Å². The first-order valence-electron chi connectivity index (χ1n) is 6.79. The average Bonchev–Trinajstić information content (AvgIpc) is 3.08. The Kier molecular flexibility index (Phi) is 3.39. The van der Waals surface area contributed by atoms with Gasteiger partial charge in [0.1, 0.15) is 0 Å². The molecule has 7 nitrogen and oxygen atoms in total. The first-order chi connectivity index (χ1) is 10.2. The van der Waals surface area contributed by atoms with Gasteiger partial charge in [0.25, 0.3) is 5.91 Å². The fraction of sp³-hybridized carbons (Fsp3) is 0.286. The normalized spacial score (nSPS) is 11.0. The molecule has 0 aromatic carbocycles. The third-order valence-corrected chi connectivity index (χ3v) is 3.28. The Labute approximate surface area is 121 Å². The van der Waals surface area contributed by atoms with E-state index in [0.29, 0.717) is 17.9 Å². The molecule has 0 aliphatic heterocycles. The molecule has 0 aliphatic carbocycles. The minimum Gasteiger partial charge on any atom is -0.346 e. The minimum atomic E-state index is -0.218. The van der Waals surface area contributed by atoms with Gasteiger partial charge in [0.15, 0.2) is 11.3 Å². The number of carbonyl (C=O) groups excluding carboxylic acids is 1. The second-order valence-corrected chi connectivity index (χ2v) is 4.73. The van der Waals surface area contributed by atoms with Crippen LogP contribution in [0.2, 0.25) is 0 Å². The van der Waals surface area contributed by atoms with Crippen LogP contribution in [0.15, 0.2) is 30.7 Å². The van der Waals surface area contributed by atoms with Crippen LogP contribution in [0.25, 0.3) is 5.65 Å². The standard InChI is InChI=1S/C14H16N6O/c1-3-19-9-11(10(2)17-19)8-16-14(21)12-7-13-15-5-4-6-20(13)18-12/h4-7,9H,3,8H2,1-2H3,(H,16,21). The van der Waals surface area contributed by atoms with Gasteiger partial charge in [0, 0.05) is 43.3 Å². The molecule has 0 fully saturated rings. The first kappa shape index (κ1) is 13.3. The zero-order valence-corrected chi connectivity index (χ0v) is 11.9. The maximum Gasteiger partial charge on any atom is 0.272 e. The summed E-state index contributed by atoms with van der Waals surface area (Å²) in [6, 6.07) is 3.43. The number of hydrogen-bond donors (Lipinski definition) is 1. The van der Waals surface area contributed by atoms with Crippen molar-refractivity contribution in [2.45, 2.75) is 26.9 Å². The monoisotopic (exact) mass is 284 g/mol. The number of rotatable bonds is 4. The Morgan fingerprint density at radius 3 is 2.95 bits per heavy atom. The molecular weight excluding hydrogens is 268 g/mol. The third kappa shape index (κ3) is 2.62. The van der Waals surface area contributed by atoms with Crippen LogP contribution < -0.4 is 5.32 Å². The third-order valence-electron chi connectivity index (χ3n) is 3.28. The summed E-state index contributed by atoms with van der Waals surface area (Å²) in [6.07, 6.45) is 5.37. The molecule has 3 heterocycles. The lowest BCUT2D eigenvalue weighted by Crippen LogP contribution is -2.23. The quantitative estimate of drug-likeness (QED) is 0.780. The van der Waals surface area contributed by atoms with E-state index in [2.05, 4.69) is 20.5 Å². The van der Waals surface area contributed by atoms with Crippen LogP contribution in [-0.2, 0) is 13.1 Å². The summed E-state index contributed by atoms with van der Waals surface area (Å²) in [5.41, 5.74) is 2.94. The van der Waals surface area contributed by atoms with Crippen molar-refractivity contribution < 1.29 is 4.79 Å². The van der Waals surface area contributed by atoms with Gasteiger partial charge < -0.3 is 5.32 Å². The molecule has 1 amide bonds. The van der Waals surface area contributed by atoms with Gasteiger partial charge in [-0.05, 0) is 19.9 Å².